The van der Waals surface area contributed by atoms with Gasteiger partial charge in [0.15, 0.2) is 0 Å². The van der Waals surface area contributed by atoms with E-state index in [1.165, 1.54) is 29.2 Å². The van der Waals surface area contributed by atoms with Gasteiger partial charge in [-0.3, -0.25) is 14.5 Å². The number of nitriles is 1. The van der Waals surface area contributed by atoms with E-state index in [0.717, 1.165) is 21.8 Å². The van der Waals surface area contributed by atoms with Crippen molar-refractivity contribution in [1.82, 2.24) is 0 Å². The summed E-state index contributed by atoms with van der Waals surface area (Å²) in [6.45, 7) is 0. The molecular weight excluding hydrogens is 576 g/mol. The highest BCUT2D eigenvalue weighted by Crippen LogP contribution is 2.42. The van der Waals surface area contributed by atoms with Crippen molar-refractivity contribution >= 4 is 74.1 Å². The predicted molar refractivity (Wildman–Crippen MR) is 141 cm³/mol. The molecule has 1 saturated heterocycles. The van der Waals surface area contributed by atoms with E-state index in [2.05, 4.69) is 21.2 Å². The van der Waals surface area contributed by atoms with Gasteiger partial charge in [0, 0.05) is 15.8 Å². The lowest BCUT2D eigenvalue weighted by Crippen LogP contribution is -2.31. The van der Waals surface area contributed by atoms with Gasteiger partial charge in [-0.2, -0.15) is 5.26 Å². The van der Waals surface area contributed by atoms with Crippen LogP contribution in [0, 0.1) is 17.1 Å². The average molecular weight is 591 g/mol. The summed E-state index contributed by atoms with van der Waals surface area (Å²) in [5.41, 5.74) is 1.37. The van der Waals surface area contributed by atoms with Gasteiger partial charge in [-0.1, -0.05) is 57.0 Å². The third-order valence-corrected chi connectivity index (χ3v) is 7.63. The van der Waals surface area contributed by atoms with Crippen LogP contribution in [0.4, 0.5) is 15.8 Å². The first-order valence-corrected chi connectivity index (χ1v) is 12.6. The van der Waals surface area contributed by atoms with Gasteiger partial charge in [-0.05, 0) is 72.6 Å². The van der Waals surface area contributed by atoms with Crippen LogP contribution in [0.1, 0.15) is 5.56 Å². The Morgan fingerprint density at radius 1 is 1.09 bits per heavy atom. The van der Waals surface area contributed by atoms with E-state index in [4.69, 9.17) is 23.2 Å². The molecule has 0 saturated carbocycles. The van der Waals surface area contributed by atoms with E-state index in [1.807, 2.05) is 6.07 Å². The fraction of sp³-hybridized carbons (Fsp3) is 0.0800. The number of hydrogen-bond acceptors (Lipinski definition) is 4. The minimum atomic E-state index is -0.660. The molecule has 0 aromatic heterocycles. The number of nitrogens with one attached hydrogen (secondary N) is 1. The Morgan fingerprint density at radius 3 is 2.40 bits per heavy atom. The summed E-state index contributed by atoms with van der Waals surface area (Å²) < 4.78 is 14.4. The first-order chi connectivity index (χ1) is 16.8. The molecule has 0 aliphatic carbocycles. The number of nitrogens with zero attached hydrogens (tertiary/aromatic N) is 2. The van der Waals surface area contributed by atoms with Crippen LogP contribution in [0.3, 0.4) is 0 Å². The van der Waals surface area contributed by atoms with E-state index < -0.39 is 17.0 Å². The maximum absolute atomic E-state index is 13.6. The van der Waals surface area contributed by atoms with Crippen molar-refractivity contribution < 1.29 is 14.0 Å². The van der Waals surface area contributed by atoms with Crippen molar-refractivity contribution in [2.75, 3.05) is 10.2 Å². The Labute approximate surface area is 223 Å². The second-order valence-electron chi connectivity index (χ2n) is 7.46. The highest BCUT2D eigenvalue weighted by atomic mass is 79.9. The highest BCUT2D eigenvalue weighted by molar-refractivity contribution is 9.10. The van der Waals surface area contributed by atoms with Crippen LogP contribution in [0.25, 0.3) is 0 Å². The molecule has 1 heterocycles. The lowest BCUT2D eigenvalue weighted by atomic mass is 10.1. The normalized spacial score (nSPS) is 16.7. The third kappa shape index (κ3) is 5.71. The standard InChI is InChI=1S/C25H15BrCl2FN3O2S/c26-15-2-6-17(7-3-15)31-23(33)19(13-30)25-32(18-8-4-16(29)5-9-18)24(34)22(35-25)12-14-1-10-20(27)21(28)11-14/h1-11,22H,12H2,(H,31,33)/b25-19-. The van der Waals surface area contributed by atoms with E-state index in [-0.39, 0.29) is 22.9 Å². The van der Waals surface area contributed by atoms with Crippen molar-refractivity contribution in [2.24, 2.45) is 0 Å². The van der Waals surface area contributed by atoms with Crippen LogP contribution in [-0.2, 0) is 16.0 Å². The molecular formula is C25H15BrCl2FN3O2S. The maximum atomic E-state index is 13.6. The molecule has 3 aromatic rings. The Hall–Kier alpha value is -2.83. The van der Waals surface area contributed by atoms with Crippen LogP contribution in [-0.4, -0.2) is 17.1 Å². The summed E-state index contributed by atoms with van der Waals surface area (Å²) in [6, 6.07) is 19.2. The fourth-order valence-electron chi connectivity index (χ4n) is 3.42. The Morgan fingerprint density at radius 2 is 1.77 bits per heavy atom. The quantitative estimate of drug-likeness (QED) is 0.257. The monoisotopic (exact) mass is 589 g/mol. The molecule has 1 aliphatic heterocycles. The Kier molecular flexibility index (Phi) is 7.82. The summed E-state index contributed by atoms with van der Waals surface area (Å²) in [5, 5.41) is 12.9. The number of anilines is 2. The first-order valence-electron chi connectivity index (χ1n) is 10.2. The molecule has 0 bridgehead atoms. The first kappa shape index (κ1) is 25.3. The van der Waals surface area contributed by atoms with Crippen molar-refractivity contribution in [3.63, 3.8) is 0 Å². The second kappa shape index (κ2) is 10.8. The number of amides is 2. The summed E-state index contributed by atoms with van der Waals surface area (Å²) in [7, 11) is 0. The van der Waals surface area contributed by atoms with Gasteiger partial charge in [0.05, 0.1) is 15.3 Å². The third-order valence-electron chi connectivity index (χ3n) is 5.10. The Balaban J connectivity index is 1.72. The number of halogens is 4. The number of hydrogen-bond donors (Lipinski definition) is 1. The van der Waals surface area contributed by atoms with Crippen molar-refractivity contribution in [2.45, 2.75) is 11.7 Å². The van der Waals surface area contributed by atoms with Crippen LogP contribution >= 0.6 is 50.9 Å². The fourth-order valence-corrected chi connectivity index (χ4v) is 5.31. The second-order valence-corrected chi connectivity index (χ2v) is 10.4. The van der Waals surface area contributed by atoms with Crippen LogP contribution in [0.15, 0.2) is 81.8 Å². The minimum absolute atomic E-state index is 0.170. The lowest BCUT2D eigenvalue weighted by molar-refractivity contribution is -0.117. The van der Waals surface area contributed by atoms with Gasteiger partial charge in [0.25, 0.3) is 5.91 Å². The molecule has 1 aliphatic rings. The smallest absolute Gasteiger partial charge is 0.269 e. The zero-order valence-corrected chi connectivity index (χ0v) is 21.7. The highest BCUT2D eigenvalue weighted by Gasteiger charge is 2.41. The molecule has 176 valence electrons. The number of thioether (sulfide) groups is 1. The van der Waals surface area contributed by atoms with Crippen LogP contribution in [0.2, 0.25) is 10.0 Å². The van der Waals surface area contributed by atoms with Crippen molar-refractivity contribution in [3.8, 4) is 6.07 Å². The lowest BCUT2D eigenvalue weighted by Gasteiger charge is -2.18. The molecule has 10 heteroatoms. The largest absolute Gasteiger partial charge is 0.321 e. The predicted octanol–water partition coefficient (Wildman–Crippen LogP) is 6.96. The molecule has 35 heavy (non-hydrogen) atoms. The summed E-state index contributed by atoms with van der Waals surface area (Å²) in [4.78, 5) is 27.8. The zero-order chi connectivity index (χ0) is 25.1. The maximum Gasteiger partial charge on any atom is 0.269 e. The van der Waals surface area contributed by atoms with Gasteiger partial charge in [0.1, 0.15) is 22.5 Å². The van der Waals surface area contributed by atoms with Gasteiger partial charge >= 0.3 is 0 Å². The van der Waals surface area contributed by atoms with Gasteiger partial charge in [-0.25, -0.2) is 4.39 Å². The van der Waals surface area contributed by atoms with Crippen molar-refractivity contribution in [1.29, 1.82) is 5.26 Å². The molecule has 0 radical (unpaired) electrons. The van der Waals surface area contributed by atoms with E-state index in [9.17, 15) is 19.2 Å². The zero-order valence-electron chi connectivity index (χ0n) is 17.8. The average Bonchev–Trinajstić information content (AvgIpc) is 3.14. The minimum Gasteiger partial charge on any atom is -0.321 e. The SMILES string of the molecule is N#C/C(C(=O)Nc1ccc(Br)cc1)=C1/SC(Cc2ccc(Cl)c(Cl)c2)C(=O)N1c1ccc(F)cc1. The van der Waals surface area contributed by atoms with E-state index in [0.29, 0.717) is 21.4 Å². The topological polar surface area (TPSA) is 73.2 Å². The van der Waals surface area contributed by atoms with E-state index in [1.54, 1.807) is 42.5 Å². The molecule has 1 N–H and O–H groups in total. The van der Waals surface area contributed by atoms with Crippen molar-refractivity contribution in [3.05, 3.63) is 103 Å². The van der Waals surface area contributed by atoms with Crippen LogP contribution in [0.5, 0.6) is 0 Å². The number of benzene rings is 3. The van der Waals surface area contributed by atoms with Gasteiger partial charge in [0.2, 0.25) is 5.91 Å². The molecule has 1 fully saturated rings. The summed E-state index contributed by atoms with van der Waals surface area (Å²) in [5.74, 6) is -1.47. The molecule has 2 amide bonds. The molecule has 4 rings (SSSR count). The number of carbonyl (C=O) groups excluding carboxylic acids is 2. The molecule has 3 aromatic carbocycles. The van der Waals surface area contributed by atoms with E-state index >= 15 is 0 Å². The summed E-state index contributed by atoms with van der Waals surface area (Å²) >= 11 is 16.6. The van der Waals surface area contributed by atoms with Gasteiger partial charge < -0.3 is 5.32 Å². The molecule has 1 atom stereocenters. The summed E-state index contributed by atoms with van der Waals surface area (Å²) in [6.07, 6.45) is 0.286. The number of carbonyl (C=O) groups is 2. The van der Waals surface area contributed by atoms with Gasteiger partial charge in [-0.15, -0.1) is 0 Å². The molecule has 1 unspecified atom stereocenters. The number of rotatable bonds is 5. The Bertz CT molecular complexity index is 1370. The molecule has 5 nitrogen and oxygen atoms in total. The van der Waals surface area contributed by atoms with Crippen LogP contribution < -0.4 is 10.2 Å². The molecule has 0 spiro atoms.